The van der Waals surface area contributed by atoms with Gasteiger partial charge in [0.25, 0.3) is 0 Å². The molecule has 0 bridgehead atoms. The molecule has 5 heteroatoms. The van der Waals surface area contributed by atoms with Crippen molar-refractivity contribution in [1.82, 2.24) is 9.55 Å². The van der Waals surface area contributed by atoms with Gasteiger partial charge in [-0.25, -0.2) is 4.98 Å². The number of rotatable bonds is 4. The number of hydrogen-bond acceptors (Lipinski definition) is 3. The topological polar surface area (TPSA) is 43.0 Å². The summed E-state index contributed by atoms with van der Waals surface area (Å²) < 4.78 is 7.32. The standard InChI is InChI=1S/C15H14ClN3O/c1-11-5-8-20-14(11)9-18-13-4-2-3-12(16)15(13)19-7-6-17-10-19/h2-8,10,18H,9H2,1H3. The molecular weight excluding hydrogens is 274 g/mol. The first-order valence-electron chi connectivity index (χ1n) is 6.29. The number of para-hydroxylation sites is 1. The van der Waals surface area contributed by atoms with Crippen LogP contribution < -0.4 is 5.32 Å². The van der Waals surface area contributed by atoms with Gasteiger partial charge in [0.2, 0.25) is 0 Å². The monoisotopic (exact) mass is 287 g/mol. The molecule has 20 heavy (non-hydrogen) atoms. The molecule has 0 fully saturated rings. The van der Waals surface area contributed by atoms with Crippen molar-refractivity contribution >= 4 is 17.3 Å². The molecule has 0 unspecified atom stereocenters. The van der Waals surface area contributed by atoms with Crippen LogP contribution in [0.1, 0.15) is 11.3 Å². The molecule has 3 rings (SSSR count). The lowest BCUT2D eigenvalue weighted by Gasteiger charge is -2.13. The molecule has 0 atom stereocenters. The molecule has 0 radical (unpaired) electrons. The lowest BCUT2D eigenvalue weighted by Crippen LogP contribution is -2.04. The van der Waals surface area contributed by atoms with Crippen molar-refractivity contribution in [2.24, 2.45) is 0 Å². The molecule has 2 heterocycles. The van der Waals surface area contributed by atoms with Crippen LogP contribution in [0.3, 0.4) is 0 Å². The summed E-state index contributed by atoms with van der Waals surface area (Å²) >= 11 is 6.30. The zero-order valence-electron chi connectivity index (χ0n) is 11.0. The minimum atomic E-state index is 0.612. The molecule has 102 valence electrons. The van der Waals surface area contributed by atoms with Gasteiger partial charge in [-0.05, 0) is 30.7 Å². The van der Waals surface area contributed by atoms with Gasteiger partial charge in [0.05, 0.1) is 35.5 Å². The molecule has 1 N–H and O–H groups in total. The Balaban J connectivity index is 1.90. The van der Waals surface area contributed by atoms with E-state index in [2.05, 4.69) is 10.3 Å². The highest BCUT2D eigenvalue weighted by Gasteiger charge is 2.10. The molecule has 0 saturated carbocycles. The van der Waals surface area contributed by atoms with Crippen LogP contribution in [-0.4, -0.2) is 9.55 Å². The SMILES string of the molecule is Cc1ccoc1CNc1cccc(Cl)c1-n1ccnc1. The minimum Gasteiger partial charge on any atom is -0.467 e. The Labute approximate surface area is 122 Å². The molecule has 0 aliphatic heterocycles. The number of hydrogen-bond donors (Lipinski definition) is 1. The van der Waals surface area contributed by atoms with Gasteiger partial charge in [-0.3, -0.25) is 0 Å². The highest BCUT2D eigenvalue weighted by molar-refractivity contribution is 6.33. The Morgan fingerprint density at radius 3 is 2.95 bits per heavy atom. The average Bonchev–Trinajstić information content (AvgIpc) is 3.08. The van der Waals surface area contributed by atoms with E-state index in [0.29, 0.717) is 11.6 Å². The summed E-state index contributed by atoms with van der Waals surface area (Å²) in [6.07, 6.45) is 7.01. The molecule has 0 saturated heterocycles. The van der Waals surface area contributed by atoms with Gasteiger partial charge in [-0.1, -0.05) is 17.7 Å². The Bertz CT molecular complexity index is 704. The maximum Gasteiger partial charge on any atom is 0.125 e. The largest absolute Gasteiger partial charge is 0.467 e. The summed E-state index contributed by atoms with van der Waals surface area (Å²) in [5, 5.41) is 4.03. The summed E-state index contributed by atoms with van der Waals surface area (Å²) in [6.45, 7) is 2.64. The fourth-order valence-electron chi connectivity index (χ4n) is 2.07. The molecule has 0 spiro atoms. The first-order chi connectivity index (χ1) is 9.75. The number of imidazole rings is 1. The fourth-order valence-corrected chi connectivity index (χ4v) is 2.34. The number of aromatic nitrogens is 2. The molecule has 0 aliphatic rings. The Morgan fingerprint density at radius 2 is 2.25 bits per heavy atom. The third-order valence-electron chi connectivity index (χ3n) is 3.16. The van der Waals surface area contributed by atoms with E-state index in [4.69, 9.17) is 16.0 Å². The summed E-state index contributed by atoms with van der Waals surface area (Å²) in [5.41, 5.74) is 2.95. The predicted molar refractivity (Wildman–Crippen MR) is 79.3 cm³/mol. The smallest absolute Gasteiger partial charge is 0.125 e. The van der Waals surface area contributed by atoms with Crippen molar-refractivity contribution < 1.29 is 4.42 Å². The van der Waals surface area contributed by atoms with Gasteiger partial charge in [-0.15, -0.1) is 0 Å². The van der Waals surface area contributed by atoms with Crippen LogP contribution in [0.25, 0.3) is 5.69 Å². The number of benzene rings is 1. The van der Waals surface area contributed by atoms with Crippen molar-refractivity contribution in [3.05, 3.63) is 65.6 Å². The Kier molecular flexibility index (Phi) is 3.48. The van der Waals surface area contributed by atoms with E-state index in [1.807, 2.05) is 42.0 Å². The van der Waals surface area contributed by atoms with Crippen molar-refractivity contribution in [3.63, 3.8) is 0 Å². The zero-order chi connectivity index (χ0) is 13.9. The van der Waals surface area contributed by atoms with E-state index in [1.165, 1.54) is 0 Å². The van der Waals surface area contributed by atoms with Crippen molar-refractivity contribution in [3.8, 4) is 5.69 Å². The van der Waals surface area contributed by atoms with E-state index in [0.717, 1.165) is 22.7 Å². The first kappa shape index (κ1) is 12.8. The highest BCUT2D eigenvalue weighted by Crippen LogP contribution is 2.28. The van der Waals surface area contributed by atoms with Crippen LogP contribution in [-0.2, 0) is 6.54 Å². The summed E-state index contributed by atoms with van der Waals surface area (Å²) in [6, 6.07) is 7.71. The van der Waals surface area contributed by atoms with E-state index in [-0.39, 0.29) is 0 Å². The highest BCUT2D eigenvalue weighted by atomic mass is 35.5. The second-order valence-corrected chi connectivity index (χ2v) is 4.89. The van der Waals surface area contributed by atoms with E-state index < -0.39 is 0 Å². The molecule has 1 aromatic carbocycles. The van der Waals surface area contributed by atoms with Crippen LogP contribution in [0.4, 0.5) is 5.69 Å². The number of halogens is 1. The van der Waals surface area contributed by atoms with Crippen LogP contribution in [0.2, 0.25) is 5.02 Å². The second kappa shape index (κ2) is 5.43. The zero-order valence-corrected chi connectivity index (χ0v) is 11.8. The molecule has 3 aromatic rings. The number of aryl methyl sites for hydroxylation is 1. The maximum absolute atomic E-state index is 6.30. The molecular formula is C15H14ClN3O. The van der Waals surface area contributed by atoms with Crippen molar-refractivity contribution in [1.29, 1.82) is 0 Å². The normalized spacial score (nSPS) is 10.7. The summed E-state index contributed by atoms with van der Waals surface area (Å²) in [5.74, 6) is 0.918. The third-order valence-corrected chi connectivity index (χ3v) is 3.46. The van der Waals surface area contributed by atoms with Crippen LogP contribution >= 0.6 is 11.6 Å². The fraction of sp³-hybridized carbons (Fsp3) is 0.133. The first-order valence-corrected chi connectivity index (χ1v) is 6.67. The lowest BCUT2D eigenvalue weighted by atomic mass is 10.2. The van der Waals surface area contributed by atoms with Crippen LogP contribution in [0, 0.1) is 6.92 Å². The van der Waals surface area contributed by atoms with Gasteiger partial charge in [0, 0.05) is 12.4 Å². The molecule has 0 amide bonds. The summed E-state index contributed by atoms with van der Waals surface area (Å²) in [7, 11) is 0. The van der Waals surface area contributed by atoms with Crippen molar-refractivity contribution in [2.45, 2.75) is 13.5 Å². The number of furan rings is 1. The minimum absolute atomic E-state index is 0.612. The van der Waals surface area contributed by atoms with Crippen molar-refractivity contribution in [2.75, 3.05) is 5.32 Å². The van der Waals surface area contributed by atoms with E-state index in [1.54, 1.807) is 18.8 Å². The number of nitrogens with zero attached hydrogens (tertiary/aromatic N) is 2. The van der Waals surface area contributed by atoms with Crippen LogP contribution in [0.5, 0.6) is 0 Å². The van der Waals surface area contributed by atoms with Gasteiger partial charge in [0.1, 0.15) is 5.76 Å². The van der Waals surface area contributed by atoms with E-state index in [9.17, 15) is 0 Å². The average molecular weight is 288 g/mol. The van der Waals surface area contributed by atoms with Gasteiger partial charge < -0.3 is 14.3 Å². The predicted octanol–water partition coefficient (Wildman–Crippen LogP) is 4.04. The third kappa shape index (κ3) is 2.42. The van der Waals surface area contributed by atoms with Gasteiger partial charge >= 0.3 is 0 Å². The molecule has 4 nitrogen and oxygen atoms in total. The van der Waals surface area contributed by atoms with E-state index >= 15 is 0 Å². The van der Waals surface area contributed by atoms with Gasteiger partial charge in [0.15, 0.2) is 0 Å². The van der Waals surface area contributed by atoms with Gasteiger partial charge in [-0.2, -0.15) is 0 Å². The number of anilines is 1. The maximum atomic E-state index is 6.30. The lowest BCUT2D eigenvalue weighted by molar-refractivity contribution is 0.515. The number of nitrogens with one attached hydrogen (secondary N) is 1. The summed E-state index contributed by atoms with van der Waals surface area (Å²) in [4.78, 5) is 4.06. The Hall–Kier alpha value is -2.20. The van der Waals surface area contributed by atoms with Crippen LogP contribution in [0.15, 0.2) is 53.7 Å². The molecule has 2 aromatic heterocycles. The quantitative estimate of drug-likeness (QED) is 0.787. The second-order valence-electron chi connectivity index (χ2n) is 4.49. The Morgan fingerprint density at radius 1 is 1.35 bits per heavy atom. The molecule has 0 aliphatic carbocycles.